The van der Waals surface area contributed by atoms with Crippen molar-refractivity contribution in [1.29, 1.82) is 0 Å². The number of rotatable bonds is 4. The van der Waals surface area contributed by atoms with Crippen molar-refractivity contribution in [2.24, 2.45) is 4.99 Å². The van der Waals surface area contributed by atoms with E-state index in [9.17, 15) is 4.39 Å². The number of benzene rings is 2. The Kier molecular flexibility index (Phi) is 4.24. The van der Waals surface area contributed by atoms with Crippen molar-refractivity contribution in [3.8, 4) is 11.4 Å². The highest BCUT2D eigenvalue weighted by Crippen LogP contribution is 2.18. The number of aliphatic imine (C=N–C) groups is 1. The molecule has 0 aliphatic heterocycles. The number of methoxy groups -OCH3 is 1. The molecule has 0 bridgehead atoms. The molecule has 0 saturated heterocycles. The Labute approximate surface area is 134 Å². The fourth-order valence-electron chi connectivity index (χ4n) is 2.26. The van der Waals surface area contributed by atoms with Gasteiger partial charge in [0.05, 0.1) is 12.8 Å². The molecule has 0 radical (unpaired) electrons. The van der Waals surface area contributed by atoms with Gasteiger partial charge in [0.15, 0.2) is 0 Å². The number of hydrogen-bond acceptors (Lipinski definition) is 2. The maximum Gasteiger partial charge on any atom is 0.126 e. The van der Waals surface area contributed by atoms with Crippen molar-refractivity contribution in [3.63, 3.8) is 0 Å². The van der Waals surface area contributed by atoms with Crippen LogP contribution in [-0.4, -0.2) is 17.9 Å². The first kappa shape index (κ1) is 15.0. The third-order valence-corrected chi connectivity index (χ3v) is 3.59. The molecule has 0 unspecified atom stereocenters. The number of ether oxygens (including phenoxy) is 1. The van der Waals surface area contributed by atoms with Crippen molar-refractivity contribution in [2.75, 3.05) is 7.11 Å². The van der Waals surface area contributed by atoms with Gasteiger partial charge in [-0.25, -0.2) is 4.39 Å². The van der Waals surface area contributed by atoms with Crippen molar-refractivity contribution in [2.45, 2.75) is 6.92 Å². The standard InChI is InChI=1S/C19H17FN2O/c1-14-11-16(3-8-19(14)20)21-12-15-9-10-22(13-15)17-4-6-18(23-2)7-5-17/h3-13H,1-2H3. The second-order valence-corrected chi connectivity index (χ2v) is 5.24. The van der Waals surface area contributed by atoms with Crippen LogP contribution in [0.15, 0.2) is 65.9 Å². The van der Waals surface area contributed by atoms with Gasteiger partial charge >= 0.3 is 0 Å². The lowest BCUT2D eigenvalue weighted by Gasteiger charge is -2.04. The Morgan fingerprint density at radius 2 is 1.87 bits per heavy atom. The average Bonchev–Trinajstić information content (AvgIpc) is 3.05. The Bertz CT molecular complexity index is 835. The highest BCUT2D eigenvalue weighted by Gasteiger charge is 2.00. The molecule has 3 nitrogen and oxygen atoms in total. The molecule has 2 aromatic carbocycles. The molecule has 116 valence electrons. The number of halogens is 1. The van der Waals surface area contributed by atoms with Gasteiger partial charge in [0.25, 0.3) is 0 Å². The lowest BCUT2D eigenvalue weighted by atomic mass is 10.2. The molecule has 3 rings (SSSR count). The third kappa shape index (κ3) is 3.48. The summed E-state index contributed by atoms with van der Waals surface area (Å²) < 4.78 is 20.4. The van der Waals surface area contributed by atoms with Crippen LogP contribution in [0.1, 0.15) is 11.1 Å². The Hall–Kier alpha value is -2.88. The molecular formula is C19H17FN2O. The number of aromatic nitrogens is 1. The fraction of sp³-hybridized carbons (Fsp3) is 0.105. The van der Waals surface area contributed by atoms with E-state index < -0.39 is 0 Å². The lowest BCUT2D eigenvalue weighted by Crippen LogP contribution is -1.90. The van der Waals surface area contributed by atoms with Gasteiger partial charge in [-0.1, -0.05) is 0 Å². The van der Waals surface area contributed by atoms with Gasteiger partial charge in [-0.3, -0.25) is 4.99 Å². The second kappa shape index (κ2) is 6.48. The SMILES string of the molecule is COc1ccc(-n2ccc(C=Nc3ccc(F)c(C)c3)c2)cc1. The zero-order valence-corrected chi connectivity index (χ0v) is 13.0. The minimum absolute atomic E-state index is 0.213. The van der Waals surface area contributed by atoms with Crippen LogP contribution in [0.3, 0.4) is 0 Å². The largest absolute Gasteiger partial charge is 0.497 e. The molecule has 3 aromatic rings. The van der Waals surface area contributed by atoms with E-state index in [2.05, 4.69) is 4.99 Å². The van der Waals surface area contributed by atoms with Crippen molar-refractivity contribution in [3.05, 3.63) is 77.9 Å². The molecule has 0 fully saturated rings. The zero-order valence-electron chi connectivity index (χ0n) is 13.0. The van der Waals surface area contributed by atoms with Crippen LogP contribution in [0, 0.1) is 12.7 Å². The van der Waals surface area contributed by atoms with Gasteiger partial charge < -0.3 is 9.30 Å². The third-order valence-electron chi connectivity index (χ3n) is 3.59. The molecule has 0 amide bonds. The highest BCUT2D eigenvalue weighted by atomic mass is 19.1. The van der Waals surface area contributed by atoms with Crippen LogP contribution in [0.2, 0.25) is 0 Å². The molecule has 1 heterocycles. The minimum Gasteiger partial charge on any atom is -0.497 e. The molecule has 0 saturated carbocycles. The molecule has 0 aliphatic carbocycles. The fourth-order valence-corrected chi connectivity index (χ4v) is 2.26. The normalized spacial score (nSPS) is 11.1. The van der Waals surface area contributed by atoms with Gasteiger partial charge in [-0.05, 0) is 61.0 Å². The molecule has 0 spiro atoms. The first-order valence-electron chi connectivity index (χ1n) is 7.28. The van der Waals surface area contributed by atoms with E-state index in [1.165, 1.54) is 6.07 Å². The molecular weight excluding hydrogens is 291 g/mol. The van der Waals surface area contributed by atoms with Gasteiger partial charge in [-0.2, -0.15) is 0 Å². The maximum atomic E-state index is 13.2. The summed E-state index contributed by atoms with van der Waals surface area (Å²) in [5, 5.41) is 0. The van der Waals surface area contributed by atoms with Gasteiger partial charge in [-0.15, -0.1) is 0 Å². The monoisotopic (exact) mass is 308 g/mol. The van der Waals surface area contributed by atoms with Crippen LogP contribution in [-0.2, 0) is 0 Å². The number of hydrogen-bond donors (Lipinski definition) is 0. The Balaban J connectivity index is 1.78. The summed E-state index contributed by atoms with van der Waals surface area (Å²) >= 11 is 0. The van der Waals surface area contributed by atoms with E-state index >= 15 is 0 Å². The molecule has 4 heteroatoms. The van der Waals surface area contributed by atoms with E-state index in [0.29, 0.717) is 5.56 Å². The first-order valence-corrected chi connectivity index (χ1v) is 7.28. The maximum absolute atomic E-state index is 13.2. The lowest BCUT2D eigenvalue weighted by molar-refractivity contribution is 0.415. The van der Waals surface area contributed by atoms with Crippen molar-refractivity contribution >= 4 is 11.9 Å². The van der Waals surface area contributed by atoms with E-state index in [1.807, 2.05) is 47.3 Å². The zero-order chi connectivity index (χ0) is 16.2. The van der Waals surface area contributed by atoms with Crippen molar-refractivity contribution < 1.29 is 9.13 Å². The summed E-state index contributed by atoms with van der Waals surface area (Å²) in [6.07, 6.45) is 5.73. The van der Waals surface area contributed by atoms with Crippen LogP contribution < -0.4 is 4.74 Å². The predicted molar refractivity (Wildman–Crippen MR) is 90.7 cm³/mol. The topological polar surface area (TPSA) is 26.5 Å². The summed E-state index contributed by atoms with van der Waals surface area (Å²) in [5.74, 6) is 0.615. The van der Waals surface area contributed by atoms with Crippen molar-refractivity contribution in [1.82, 2.24) is 4.57 Å². The summed E-state index contributed by atoms with van der Waals surface area (Å²) in [5.41, 5.74) is 3.35. The molecule has 0 atom stereocenters. The smallest absolute Gasteiger partial charge is 0.126 e. The van der Waals surface area contributed by atoms with Gasteiger partial charge in [0, 0.05) is 29.9 Å². The number of aryl methyl sites for hydroxylation is 1. The molecule has 1 aromatic heterocycles. The number of nitrogens with zero attached hydrogens (tertiary/aromatic N) is 2. The average molecular weight is 308 g/mol. The Morgan fingerprint density at radius 1 is 1.09 bits per heavy atom. The summed E-state index contributed by atoms with van der Waals surface area (Å²) in [6, 6.07) is 14.6. The summed E-state index contributed by atoms with van der Waals surface area (Å²) in [4.78, 5) is 4.39. The molecule has 23 heavy (non-hydrogen) atoms. The van der Waals surface area contributed by atoms with Crippen LogP contribution >= 0.6 is 0 Å². The van der Waals surface area contributed by atoms with E-state index in [4.69, 9.17) is 4.74 Å². The van der Waals surface area contributed by atoms with Crippen LogP contribution in [0.4, 0.5) is 10.1 Å². The van der Waals surface area contributed by atoms with Gasteiger partial charge in [0.2, 0.25) is 0 Å². The minimum atomic E-state index is -0.213. The quantitative estimate of drug-likeness (QED) is 0.643. The van der Waals surface area contributed by atoms with Crippen LogP contribution in [0.5, 0.6) is 5.75 Å². The van der Waals surface area contributed by atoms with Gasteiger partial charge in [0.1, 0.15) is 11.6 Å². The second-order valence-electron chi connectivity index (χ2n) is 5.24. The molecule has 0 N–H and O–H groups in total. The first-order chi connectivity index (χ1) is 11.2. The highest BCUT2D eigenvalue weighted by molar-refractivity contribution is 5.81. The van der Waals surface area contributed by atoms with E-state index in [-0.39, 0.29) is 5.82 Å². The summed E-state index contributed by atoms with van der Waals surface area (Å²) in [7, 11) is 1.65. The Morgan fingerprint density at radius 3 is 2.57 bits per heavy atom. The van der Waals surface area contributed by atoms with E-state index in [1.54, 1.807) is 32.4 Å². The molecule has 0 aliphatic rings. The predicted octanol–water partition coefficient (Wildman–Crippen LogP) is 4.68. The van der Waals surface area contributed by atoms with E-state index in [0.717, 1.165) is 22.7 Å². The summed E-state index contributed by atoms with van der Waals surface area (Å²) in [6.45, 7) is 1.73. The van der Waals surface area contributed by atoms with Crippen LogP contribution in [0.25, 0.3) is 5.69 Å².